The molecule has 3 amide bonds. The highest BCUT2D eigenvalue weighted by Gasteiger charge is 2.47. The van der Waals surface area contributed by atoms with Crippen molar-refractivity contribution in [2.24, 2.45) is 0 Å². The van der Waals surface area contributed by atoms with Crippen LogP contribution < -0.4 is 5.32 Å². The maximum absolute atomic E-state index is 13.8. The number of piperidine rings is 1. The molecule has 5 nitrogen and oxygen atoms in total. The fourth-order valence-electron chi connectivity index (χ4n) is 3.91. The summed E-state index contributed by atoms with van der Waals surface area (Å²) < 4.78 is 13.8. The molecule has 0 atom stereocenters. The van der Waals surface area contributed by atoms with Crippen LogP contribution in [0.15, 0.2) is 48.5 Å². The number of halogens is 2. The van der Waals surface area contributed by atoms with Gasteiger partial charge in [-0.15, -0.1) is 11.8 Å². The Balaban J connectivity index is 1.43. The third kappa shape index (κ3) is 3.94. The number of para-hydroxylation sites is 1. The number of benzene rings is 2. The maximum Gasteiger partial charge on any atom is 0.321 e. The monoisotopic (exact) mass is 433 g/mol. The van der Waals surface area contributed by atoms with E-state index in [1.165, 1.54) is 12.1 Å². The molecule has 2 aliphatic rings. The third-order valence-electron chi connectivity index (χ3n) is 5.47. The second-order valence-electron chi connectivity index (χ2n) is 7.13. The molecule has 2 fully saturated rings. The molecule has 152 valence electrons. The van der Waals surface area contributed by atoms with Gasteiger partial charge in [-0.3, -0.25) is 4.79 Å². The lowest BCUT2D eigenvalue weighted by atomic mass is 10.0. The first-order valence-electron chi connectivity index (χ1n) is 9.51. The summed E-state index contributed by atoms with van der Waals surface area (Å²) in [7, 11) is 0. The topological polar surface area (TPSA) is 52.7 Å². The Morgan fingerprint density at radius 1 is 1.03 bits per heavy atom. The number of thioether (sulfide) groups is 1. The van der Waals surface area contributed by atoms with E-state index in [2.05, 4.69) is 5.32 Å². The summed E-state index contributed by atoms with van der Waals surface area (Å²) in [6.45, 7) is 1.66. The molecule has 0 aromatic heterocycles. The van der Waals surface area contributed by atoms with Gasteiger partial charge < -0.3 is 15.1 Å². The number of hydrogen-bond donors (Lipinski definition) is 1. The average molecular weight is 434 g/mol. The van der Waals surface area contributed by atoms with Crippen LogP contribution >= 0.6 is 23.4 Å². The van der Waals surface area contributed by atoms with Crippen molar-refractivity contribution in [2.75, 3.05) is 30.7 Å². The lowest BCUT2D eigenvalue weighted by Crippen LogP contribution is -2.54. The van der Waals surface area contributed by atoms with E-state index in [-0.39, 0.29) is 22.5 Å². The normalized spacial score (nSPS) is 18.1. The van der Waals surface area contributed by atoms with Gasteiger partial charge in [-0.25, -0.2) is 9.18 Å². The summed E-state index contributed by atoms with van der Waals surface area (Å²) in [6.07, 6.45) is 1.33. The van der Waals surface area contributed by atoms with Crippen LogP contribution in [0.25, 0.3) is 0 Å². The van der Waals surface area contributed by atoms with Crippen LogP contribution in [-0.4, -0.2) is 52.0 Å². The molecule has 2 aromatic rings. The number of hydrogen-bond acceptors (Lipinski definition) is 3. The molecule has 2 heterocycles. The minimum atomic E-state index is -0.461. The van der Waals surface area contributed by atoms with Crippen LogP contribution in [-0.2, 0) is 0 Å². The Morgan fingerprint density at radius 2 is 1.72 bits per heavy atom. The van der Waals surface area contributed by atoms with Gasteiger partial charge in [0.25, 0.3) is 5.91 Å². The van der Waals surface area contributed by atoms with Crippen molar-refractivity contribution in [3.05, 3.63) is 64.9 Å². The van der Waals surface area contributed by atoms with Gasteiger partial charge in [0.2, 0.25) is 0 Å². The molecular formula is C21H21ClFN3O2S. The van der Waals surface area contributed by atoms with Crippen molar-refractivity contribution in [1.29, 1.82) is 0 Å². The van der Waals surface area contributed by atoms with E-state index in [1.54, 1.807) is 47.0 Å². The minimum Gasteiger partial charge on any atom is -0.324 e. The van der Waals surface area contributed by atoms with Crippen molar-refractivity contribution in [2.45, 2.75) is 17.7 Å². The quantitative estimate of drug-likeness (QED) is 0.747. The lowest BCUT2D eigenvalue weighted by molar-refractivity contribution is 0.0586. The van der Waals surface area contributed by atoms with Crippen LogP contribution in [0.2, 0.25) is 5.02 Å². The van der Waals surface area contributed by atoms with E-state index < -0.39 is 5.82 Å². The number of urea groups is 1. The SMILES string of the molecule is O=C(Nc1ccccc1F)N1CCC2(CC1)SCCN2C(=O)c1ccccc1Cl. The van der Waals surface area contributed by atoms with Crippen molar-refractivity contribution in [3.63, 3.8) is 0 Å². The van der Waals surface area contributed by atoms with E-state index in [4.69, 9.17) is 11.6 Å². The zero-order valence-corrected chi connectivity index (χ0v) is 17.3. The first-order chi connectivity index (χ1) is 14.0. The zero-order valence-electron chi connectivity index (χ0n) is 15.7. The molecule has 0 saturated carbocycles. The second kappa shape index (κ2) is 8.24. The van der Waals surface area contributed by atoms with Gasteiger partial charge in [-0.2, -0.15) is 0 Å². The number of rotatable bonds is 2. The van der Waals surface area contributed by atoms with E-state index in [0.29, 0.717) is 43.1 Å². The maximum atomic E-state index is 13.8. The Morgan fingerprint density at radius 3 is 2.45 bits per heavy atom. The van der Waals surface area contributed by atoms with Crippen LogP contribution in [0, 0.1) is 5.82 Å². The summed E-state index contributed by atoms with van der Waals surface area (Å²) in [4.78, 5) is 28.9. The number of likely N-dealkylation sites (tertiary alicyclic amines) is 1. The molecule has 2 aliphatic heterocycles. The first-order valence-corrected chi connectivity index (χ1v) is 10.9. The van der Waals surface area contributed by atoms with Crippen molar-refractivity contribution < 1.29 is 14.0 Å². The van der Waals surface area contributed by atoms with Gasteiger partial charge in [-0.1, -0.05) is 35.9 Å². The van der Waals surface area contributed by atoms with Crippen molar-refractivity contribution >= 4 is 41.0 Å². The van der Waals surface area contributed by atoms with E-state index in [0.717, 1.165) is 5.75 Å². The minimum absolute atomic E-state index is 0.0649. The first kappa shape index (κ1) is 20.0. The van der Waals surface area contributed by atoms with Gasteiger partial charge in [0.05, 0.1) is 21.1 Å². The molecule has 29 heavy (non-hydrogen) atoms. The predicted molar refractivity (Wildman–Crippen MR) is 114 cm³/mol. The number of nitrogens with one attached hydrogen (secondary N) is 1. The lowest BCUT2D eigenvalue weighted by Gasteiger charge is -2.44. The highest BCUT2D eigenvalue weighted by molar-refractivity contribution is 8.00. The number of anilines is 1. The highest BCUT2D eigenvalue weighted by Crippen LogP contribution is 2.45. The van der Waals surface area contributed by atoms with Gasteiger partial charge >= 0.3 is 6.03 Å². The zero-order chi connectivity index (χ0) is 20.4. The van der Waals surface area contributed by atoms with Crippen LogP contribution in [0.3, 0.4) is 0 Å². The van der Waals surface area contributed by atoms with Gasteiger partial charge in [0, 0.05) is 25.4 Å². The predicted octanol–water partition coefficient (Wildman–Crippen LogP) is 4.69. The van der Waals surface area contributed by atoms with Crippen LogP contribution in [0.5, 0.6) is 0 Å². The smallest absolute Gasteiger partial charge is 0.321 e. The number of carbonyl (C=O) groups excluding carboxylic acids is 2. The van der Waals surface area contributed by atoms with E-state index in [1.807, 2.05) is 11.0 Å². The largest absolute Gasteiger partial charge is 0.324 e. The van der Waals surface area contributed by atoms with E-state index in [9.17, 15) is 14.0 Å². The molecule has 0 bridgehead atoms. The molecule has 0 unspecified atom stereocenters. The fourth-order valence-corrected chi connectivity index (χ4v) is 5.58. The molecular weight excluding hydrogens is 413 g/mol. The van der Waals surface area contributed by atoms with Gasteiger partial charge in [0.15, 0.2) is 0 Å². The number of carbonyl (C=O) groups is 2. The van der Waals surface area contributed by atoms with Gasteiger partial charge in [0.1, 0.15) is 5.82 Å². The third-order valence-corrected chi connectivity index (χ3v) is 7.36. The fraction of sp³-hybridized carbons (Fsp3) is 0.333. The average Bonchev–Trinajstić information content (AvgIpc) is 3.13. The Bertz CT molecular complexity index is 934. The molecule has 0 radical (unpaired) electrons. The molecule has 8 heteroatoms. The van der Waals surface area contributed by atoms with Crippen LogP contribution in [0.4, 0.5) is 14.9 Å². The summed E-state index contributed by atoms with van der Waals surface area (Å²) >= 11 is 8.00. The highest BCUT2D eigenvalue weighted by atomic mass is 35.5. The standard InChI is InChI=1S/C21H21ClFN3O2S/c22-16-6-2-1-5-15(16)19(27)26-13-14-29-21(26)9-11-25(12-10-21)20(28)24-18-8-4-3-7-17(18)23/h1-8H,9-14H2,(H,24,28). The van der Waals surface area contributed by atoms with Crippen LogP contribution in [0.1, 0.15) is 23.2 Å². The van der Waals surface area contributed by atoms with Crippen molar-refractivity contribution in [3.8, 4) is 0 Å². The molecule has 2 saturated heterocycles. The summed E-state index contributed by atoms with van der Waals surface area (Å²) in [5.74, 6) is 0.333. The van der Waals surface area contributed by atoms with E-state index >= 15 is 0 Å². The van der Waals surface area contributed by atoms with Gasteiger partial charge in [-0.05, 0) is 37.1 Å². The number of amides is 3. The Labute approximate surface area is 178 Å². The number of nitrogens with zero attached hydrogens (tertiary/aromatic N) is 2. The van der Waals surface area contributed by atoms with Crippen molar-refractivity contribution in [1.82, 2.24) is 9.80 Å². The molecule has 1 spiro atoms. The summed E-state index contributed by atoms with van der Waals surface area (Å²) in [6, 6.07) is 12.9. The Hall–Kier alpha value is -2.25. The summed E-state index contributed by atoms with van der Waals surface area (Å²) in [5.41, 5.74) is 0.680. The second-order valence-corrected chi connectivity index (χ2v) is 8.99. The molecule has 1 N–H and O–H groups in total. The molecule has 0 aliphatic carbocycles. The Kier molecular flexibility index (Phi) is 5.69. The molecule has 4 rings (SSSR count). The summed E-state index contributed by atoms with van der Waals surface area (Å²) in [5, 5.41) is 3.08. The molecule has 2 aromatic carbocycles.